The molecule has 0 saturated heterocycles. The minimum absolute atomic E-state index is 0.00254. The lowest BCUT2D eigenvalue weighted by atomic mass is 10.0. The van der Waals surface area contributed by atoms with Crippen LogP contribution in [0.25, 0.3) is 0 Å². The van der Waals surface area contributed by atoms with Crippen molar-refractivity contribution in [3.05, 3.63) is 23.3 Å². The average molecular weight is 249 g/mol. The molecular weight excluding hydrogens is 230 g/mol. The third-order valence-electron chi connectivity index (χ3n) is 3.38. The standard InChI is InChI=1S/C13H19N3O2/c1-18-12-7-10-3-5-16(13(17)8-14)4-2-9(10)6-11(12)15/h6-7H,2-5,8,14-15H2,1H3. The molecule has 1 heterocycles. The zero-order valence-corrected chi connectivity index (χ0v) is 10.6. The molecule has 1 aromatic carbocycles. The van der Waals surface area contributed by atoms with Gasteiger partial charge in [-0.25, -0.2) is 0 Å². The van der Waals surface area contributed by atoms with Crippen molar-refractivity contribution in [3.63, 3.8) is 0 Å². The van der Waals surface area contributed by atoms with Crippen LogP contribution in [-0.2, 0) is 17.6 Å². The Kier molecular flexibility index (Phi) is 3.72. The van der Waals surface area contributed by atoms with Crippen LogP contribution in [0.1, 0.15) is 11.1 Å². The van der Waals surface area contributed by atoms with Crippen LogP contribution in [0.5, 0.6) is 5.75 Å². The number of rotatable bonds is 2. The molecule has 1 amide bonds. The zero-order valence-electron chi connectivity index (χ0n) is 10.6. The number of fused-ring (bicyclic) bond motifs is 1. The molecule has 18 heavy (non-hydrogen) atoms. The van der Waals surface area contributed by atoms with Gasteiger partial charge >= 0.3 is 0 Å². The molecule has 2 rings (SSSR count). The summed E-state index contributed by atoms with van der Waals surface area (Å²) in [5.41, 5.74) is 14.3. The van der Waals surface area contributed by atoms with Gasteiger partial charge in [-0.2, -0.15) is 0 Å². The van der Waals surface area contributed by atoms with Crippen molar-refractivity contribution in [2.75, 3.05) is 32.5 Å². The number of nitrogen functional groups attached to an aromatic ring is 1. The molecule has 0 aromatic heterocycles. The highest BCUT2D eigenvalue weighted by Gasteiger charge is 2.18. The van der Waals surface area contributed by atoms with E-state index in [2.05, 4.69) is 0 Å². The van der Waals surface area contributed by atoms with Crippen LogP contribution in [0.4, 0.5) is 5.69 Å². The van der Waals surface area contributed by atoms with Crippen molar-refractivity contribution in [1.82, 2.24) is 4.90 Å². The SMILES string of the molecule is COc1cc2c(cc1N)CCN(C(=O)CN)CC2. The van der Waals surface area contributed by atoms with Gasteiger partial charge in [0.05, 0.1) is 19.3 Å². The Morgan fingerprint density at radius 3 is 2.50 bits per heavy atom. The number of hydrogen-bond donors (Lipinski definition) is 2. The van der Waals surface area contributed by atoms with E-state index in [-0.39, 0.29) is 12.5 Å². The van der Waals surface area contributed by atoms with Gasteiger partial charge in [0.1, 0.15) is 5.75 Å². The van der Waals surface area contributed by atoms with Crippen LogP contribution < -0.4 is 16.2 Å². The van der Waals surface area contributed by atoms with E-state index in [4.69, 9.17) is 16.2 Å². The first kappa shape index (κ1) is 12.7. The quantitative estimate of drug-likeness (QED) is 0.732. The van der Waals surface area contributed by atoms with Gasteiger partial charge in [-0.05, 0) is 36.1 Å². The van der Waals surface area contributed by atoms with Crippen molar-refractivity contribution in [2.45, 2.75) is 12.8 Å². The number of carbonyl (C=O) groups excluding carboxylic acids is 1. The van der Waals surface area contributed by atoms with Crippen molar-refractivity contribution >= 4 is 11.6 Å². The lowest BCUT2D eigenvalue weighted by molar-refractivity contribution is -0.129. The Labute approximate surface area is 107 Å². The average Bonchev–Trinajstić information content (AvgIpc) is 2.59. The lowest BCUT2D eigenvalue weighted by Crippen LogP contribution is -2.37. The summed E-state index contributed by atoms with van der Waals surface area (Å²) in [6.45, 7) is 1.48. The van der Waals surface area contributed by atoms with E-state index >= 15 is 0 Å². The maximum Gasteiger partial charge on any atom is 0.236 e. The largest absolute Gasteiger partial charge is 0.495 e. The minimum Gasteiger partial charge on any atom is -0.495 e. The molecule has 1 aliphatic rings. The summed E-state index contributed by atoms with van der Waals surface area (Å²) in [6, 6.07) is 3.92. The number of ether oxygens (including phenoxy) is 1. The van der Waals surface area contributed by atoms with Crippen molar-refractivity contribution < 1.29 is 9.53 Å². The molecule has 0 atom stereocenters. The van der Waals surface area contributed by atoms with Gasteiger partial charge in [-0.3, -0.25) is 4.79 Å². The van der Waals surface area contributed by atoms with E-state index in [0.717, 1.165) is 12.8 Å². The number of carbonyl (C=O) groups is 1. The maximum absolute atomic E-state index is 11.6. The molecule has 5 nitrogen and oxygen atoms in total. The molecule has 98 valence electrons. The number of methoxy groups -OCH3 is 1. The molecule has 0 bridgehead atoms. The van der Waals surface area contributed by atoms with Crippen molar-refractivity contribution in [2.24, 2.45) is 5.73 Å². The lowest BCUT2D eigenvalue weighted by Gasteiger charge is -2.18. The summed E-state index contributed by atoms with van der Waals surface area (Å²) >= 11 is 0. The summed E-state index contributed by atoms with van der Waals surface area (Å²) in [5.74, 6) is 0.704. The van der Waals surface area contributed by atoms with E-state index in [1.54, 1.807) is 7.11 Å². The molecule has 0 spiro atoms. The molecule has 0 saturated carbocycles. The first-order valence-electron chi connectivity index (χ1n) is 6.08. The third-order valence-corrected chi connectivity index (χ3v) is 3.38. The van der Waals surface area contributed by atoms with Gasteiger partial charge < -0.3 is 21.1 Å². The Balaban J connectivity index is 2.22. The molecular formula is C13H19N3O2. The highest BCUT2D eigenvalue weighted by atomic mass is 16.5. The van der Waals surface area contributed by atoms with Gasteiger partial charge in [0.15, 0.2) is 0 Å². The Morgan fingerprint density at radius 1 is 1.33 bits per heavy atom. The summed E-state index contributed by atoms with van der Waals surface area (Å²) in [7, 11) is 1.61. The first-order chi connectivity index (χ1) is 8.65. The van der Waals surface area contributed by atoms with Gasteiger partial charge in [0, 0.05) is 13.1 Å². The summed E-state index contributed by atoms with van der Waals surface area (Å²) in [5, 5.41) is 0. The molecule has 0 fully saturated rings. The topological polar surface area (TPSA) is 81.6 Å². The molecule has 0 radical (unpaired) electrons. The molecule has 4 N–H and O–H groups in total. The van der Waals surface area contributed by atoms with Crippen LogP contribution in [-0.4, -0.2) is 37.6 Å². The van der Waals surface area contributed by atoms with Gasteiger partial charge in [-0.1, -0.05) is 0 Å². The second-order valence-electron chi connectivity index (χ2n) is 4.45. The highest BCUT2D eigenvalue weighted by molar-refractivity contribution is 5.78. The number of nitrogens with two attached hydrogens (primary N) is 2. The predicted molar refractivity (Wildman–Crippen MR) is 70.4 cm³/mol. The fourth-order valence-corrected chi connectivity index (χ4v) is 2.33. The maximum atomic E-state index is 11.6. The van der Waals surface area contributed by atoms with Crippen LogP contribution in [0.15, 0.2) is 12.1 Å². The molecule has 1 aliphatic heterocycles. The van der Waals surface area contributed by atoms with E-state index in [1.807, 2.05) is 17.0 Å². The molecule has 1 aromatic rings. The predicted octanol–water partition coefficient (Wildman–Crippen LogP) is 0.163. The minimum atomic E-state index is 0.00254. The molecule has 0 unspecified atom stereocenters. The van der Waals surface area contributed by atoms with Crippen LogP contribution in [0.2, 0.25) is 0 Å². The second-order valence-corrected chi connectivity index (χ2v) is 4.45. The number of benzene rings is 1. The van der Waals surface area contributed by atoms with Crippen LogP contribution in [0, 0.1) is 0 Å². The van der Waals surface area contributed by atoms with Gasteiger partial charge in [-0.15, -0.1) is 0 Å². The summed E-state index contributed by atoms with van der Waals surface area (Å²) in [4.78, 5) is 13.4. The third kappa shape index (κ3) is 2.41. The first-order valence-corrected chi connectivity index (χ1v) is 6.08. The van der Waals surface area contributed by atoms with E-state index < -0.39 is 0 Å². The van der Waals surface area contributed by atoms with E-state index in [1.165, 1.54) is 11.1 Å². The van der Waals surface area contributed by atoms with Crippen LogP contribution >= 0.6 is 0 Å². The number of nitrogens with zero attached hydrogens (tertiary/aromatic N) is 1. The second kappa shape index (κ2) is 5.27. The summed E-state index contributed by atoms with van der Waals surface area (Å²) in [6.07, 6.45) is 1.63. The van der Waals surface area contributed by atoms with Gasteiger partial charge in [0.2, 0.25) is 5.91 Å². The highest BCUT2D eigenvalue weighted by Crippen LogP contribution is 2.28. The zero-order chi connectivity index (χ0) is 13.1. The Morgan fingerprint density at radius 2 is 1.94 bits per heavy atom. The summed E-state index contributed by atoms with van der Waals surface area (Å²) < 4.78 is 5.22. The monoisotopic (exact) mass is 249 g/mol. The molecule has 5 heteroatoms. The number of hydrogen-bond acceptors (Lipinski definition) is 4. The molecule has 0 aliphatic carbocycles. The fraction of sp³-hybridized carbons (Fsp3) is 0.462. The van der Waals surface area contributed by atoms with Crippen LogP contribution in [0.3, 0.4) is 0 Å². The Bertz CT molecular complexity index is 460. The number of amides is 1. The fourth-order valence-electron chi connectivity index (χ4n) is 2.33. The van der Waals surface area contributed by atoms with Crippen molar-refractivity contribution in [3.8, 4) is 5.75 Å². The van der Waals surface area contributed by atoms with E-state index in [9.17, 15) is 4.79 Å². The van der Waals surface area contributed by atoms with Crippen molar-refractivity contribution in [1.29, 1.82) is 0 Å². The van der Waals surface area contributed by atoms with E-state index in [0.29, 0.717) is 24.5 Å². The Hall–Kier alpha value is -1.75. The normalized spacial score (nSPS) is 14.9. The number of anilines is 1. The van der Waals surface area contributed by atoms with Gasteiger partial charge in [0.25, 0.3) is 0 Å². The smallest absolute Gasteiger partial charge is 0.236 e.